The summed E-state index contributed by atoms with van der Waals surface area (Å²) in [4.78, 5) is 8.99. The molecule has 0 amide bonds. The summed E-state index contributed by atoms with van der Waals surface area (Å²) in [6, 6.07) is 11.1. The van der Waals surface area contributed by atoms with Gasteiger partial charge >= 0.3 is 0 Å². The maximum absolute atomic E-state index is 6.31. The Hall–Kier alpha value is -1.84. The second-order valence-corrected chi connectivity index (χ2v) is 5.48. The minimum atomic E-state index is 0.409. The Morgan fingerprint density at radius 3 is 2.38 bits per heavy atom. The molecule has 0 aliphatic rings. The van der Waals surface area contributed by atoms with E-state index in [4.69, 9.17) is 27.9 Å². The fourth-order valence-corrected chi connectivity index (χ4v) is 2.53. The lowest BCUT2D eigenvalue weighted by molar-refractivity contribution is 0.415. The summed E-state index contributed by atoms with van der Waals surface area (Å²) in [5.41, 5.74) is 2.68. The van der Waals surface area contributed by atoms with Gasteiger partial charge in [-0.05, 0) is 48.9 Å². The van der Waals surface area contributed by atoms with Gasteiger partial charge in [0.2, 0.25) is 0 Å². The number of rotatable bonds is 2. The minimum Gasteiger partial charge on any atom is -0.497 e. The molecule has 5 heteroatoms. The lowest BCUT2D eigenvalue weighted by Crippen LogP contribution is -1.95. The van der Waals surface area contributed by atoms with Gasteiger partial charge in [0.15, 0.2) is 5.82 Å². The first kappa shape index (κ1) is 14.1. The molecule has 21 heavy (non-hydrogen) atoms. The van der Waals surface area contributed by atoms with Crippen molar-refractivity contribution >= 4 is 34.1 Å². The predicted octanol–water partition coefficient (Wildman–Crippen LogP) is 4.92. The largest absolute Gasteiger partial charge is 0.497 e. The number of hydrogen-bond donors (Lipinski definition) is 0. The van der Waals surface area contributed by atoms with Crippen LogP contribution in [0.15, 0.2) is 36.4 Å². The van der Waals surface area contributed by atoms with Gasteiger partial charge in [0, 0.05) is 16.0 Å². The van der Waals surface area contributed by atoms with Crippen molar-refractivity contribution in [3.63, 3.8) is 0 Å². The van der Waals surface area contributed by atoms with Gasteiger partial charge in [-0.3, -0.25) is 0 Å². The maximum Gasteiger partial charge on any atom is 0.161 e. The van der Waals surface area contributed by atoms with Crippen LogP contribution in [-0.2, 0) is 0 Å². The van der Waals surface area contributed by atoms with Gasteiger partial charge in [-0.25, -0.2) is 9.97 Å². The lowest BCUT2D eigenvalue weighted by atomic mass is 10.1. The number of aryl methyl sites for hydroxylation is 1. The van der Waals surface area contributed by atoms with E-state index < -0.39 is 0 Å². The molecule has 0 fully saturated rings. The first-order chi connectivity index (χ1) is 10.1. The standard InChI is InChI=1S/C16H12Cl2N2O/c1-9-7-12(21-2)8-13-14(9)19-16(20-15(13)18)10-3-5-11(17)6-4-10/h3-8H,1-2H3. The highest BCUT2D eigenvalue weighted by Gasteiger charge is 2.11. The zero-order chi connectivity index (χ0) is 15.0. The monoisotopic (exact) mass is 318 g/mol. The zero-order valence-corrected chi connectivity index (χ0v) is 13.0. The summed E-state index contributed by atoms with van der Waals surface area (Å²) in [7, 11) is 1.62. The molecule has 0 bridgehead atoms. The van der Waals surface area contributed by atoms with Gasteiger partial charge in [-0.1, -0.05) is 23.2 Å². The molecule has 1 aromatic heterocycles. The SMILES string of the molecule is COc1cc(C)c2nc(-c3ccc(Cl)cc3)nc(Cl)c2c1. The Morgan fingerprint density at radius 1 is 1.00 bits per heavy atom. The van der Waals surface area contributed by atoms with E-state index in [9.17, 15) is 0 Å². The van der Waals surface area contributed by atoms with Crippen molar-refractivity contribution in [1.82, 2.24) is 9.97 Å². The van der Waals surface area contributed by atoms with Crippen LogP contribution < -0.4 is 4.74 Å². The third-order valence-electron chi connectivity index (χ3n) is 3.26. The molecular formula is C16H12Cl2N2O. The summed E-state index contributed by atoms with van der Waals surface area (Å²) >= 11 is 12.2. The molecule has 0 saturated carbocycles. The van der Waals surface area contributed by atoms with E-state index in [1.807, 2.05) is 31.2 Å². The summed E-state index contributed by atoms with van der Waals surface area (Å²) in [6.07, 6.45) is 0. The van der Waals surface area contributed by atoms with Crippen LogP contribution in [0.3, 0.4) is 0 Å². The third-order valence-corrected chi connectivity index (χ3v) is 3.80. The van der Waals surface area contributed by atoms with Crippen molar-refractivity contribution in [2.75, 3.05) is 7.11 Å². The third kappa shape index (κ3) is 2.67. The van der Waals surface area contributed by atoms with E-state index >= 15 is 0 Å². The van der Waals surface area contributed by atoms with Crippen molar-refractivity contribution in [2.24, 2.45) is 0 Å². The highest BCUT2D eigenvalue weighted by Crippen LogP contribution is 2.30. The Labute approximate surface area is 132 Å². The normalized spacial score (nSPS) is 10.9. The lowest BCUT2D eigenvalue weighted by Gasteiger charge is -2.09. The Balaban J connectivity index is 2.23. The molecule has 0 aliphatic carbocycles. The molecule has 0 aliphatic heterocycles. The molecule has 0 saturated heterocycles. The molecule has 3 aromatic rings. The van der Waals surface area contributed by atoms with Crippen LogP contribution in [0.1, 0.15) is 5.56 Å². The van der Waals surface area contributed by atoms with Crippen molar-refractivity contribution < 1.29 is 4.74 Å². The molecule has 0 spiro atoms. The van der Waals surface area contributed by atoms with Gasteiger partial charge in [-0.2, -0.15) is 0 Å². The van der Waals surface area contributed by atoms with Gasteiger partial charge in [0.1, 0.15) is 10.9 Å². The summed E-state index contributed by atoms with van der Waals surface area (Å²) in [5.74, 6) is 1.32. The topological polar surface area (TPSA) is 35.0 Å². The van der Waals surface area contributed by atoms with Crippen molar-refractivity contribution in [3.05, 3.63) is 52.1 Å². The first-order valence-electron chi connectivity index (χ1n) is 6.36. The number of methoxy groups -OCH3 is 1. The number of fused-ring (bicyclic) bond motifs is 1. The Bertz CT molecular complexity index is 817. The molecule has 0 atom stereocenters. The summed E-state index contributed by atoms with van der Waals surface area (Å²) < 4.78 is 5.26. The predicted molar refractivity (Wildman–Crippen MR) is 86.3 cm³/mol. The maximum atomic E-state index is 6.31. The van der Waals surface area contributed by atoms with E-state index in [1.165, 1.54) is 0 Å². The number of hydrogen-bond acceptors (Lipinski definition) is 3. The van der Waals surface area contributed by atoms with Crippen LogP contribution in [-0.4, -0.2) is 17.1 Å². The second kappa shape index (κ2) is 5.51. The van der Waals surface area contributed by atoms with Gasteiger partial charge in [0.25, 0.3) is 0 Å². The van der Waals surface area contributed by atoms with Gasteiger partial charge < -0.3 is 4.74 Å². The van der Waals surface area contributed by atoms with E-state index in [0.29, 0.717) is 16.0 Å². The van der Waals surface area contributed by atoms with Crippen LogP contribution in [0.2, 0.25) is 10.2 Å². The number of halogens is 2. The van der Waals surface area contributed by atoms with E-state index in [2.05, 4.69) is 9.97 Å². The highest BCUT2D eigenvalue weighted by molar-refractivity contribution is 6.34. The van der Waals surface area contributed by atoms with Crippen LogP contribution >= 0.6 is 23.2 Å². The zero-order valence-electron chi connectivity index (χ0n) is 11.5. The fourth-order valence-electron chi connectivity index (χ4n) is 2.18. The quantitative estimate of drug-likeness (QED) is 0.629. The second-order valence-electron chi connectivity index (χ2n) is 4.69. The molecule has 0 unspecified atom stereocenters. The van der Waals surface area contributed by atoms with E-state index in [0.717, 1.165) is 27.8 Å². The summed E-state index contributed by atoms with van der Waals surface area (Å²) in [5, 5.41) is 1.87. The van der Waals surface area contributed by atoms with Crippen molar-refractivity contribution in [2.45, 2.75) is 6.92 Å². The fraction of sp³-hybridized carbons (Fsp3) is 0.125. The van der Waals surface area contributed by atoms with Gasteiger partial charge in [0.05, 0.1) is 12.6 Å². The van der Waals surface area contributed by atoms with Crippen LogP contribution in [0.5, 0.6) is 5.75 Å². The summed E-state index contributed by atoms with van der Waals surface area (Å²) in [6.45, 7) is 1.97. The average molecular weight is 319 g/mol. The van der Waals surface area contributed by atoms with Crippen molar-refractivity contribution in [1.29, 1.82) is 0 Å². The molecule has 3 rings (SSSR count). The first-order valence-corrected chi connectivity index (χ1v) is 7.12. The van der Waals surface area contributed by atoms with E-state index in [1.54, 1.807) is 19.2 Å². The molecule has 1 heterocycles. The number of ether oxygens (including phenoxy) is 1. The molecule has 106 valence electrons. The van der Waals surface area contributed by atoms with Gasteiger partial charge in [-0.15, -0.1) is 0 Å². The Morgan fingerprint density at radius 2 is 1.71 bits per heavy atom. The molecular weight excluding hydrogens is 307 g/mol. The average Bonchev–Trinajstić information content (AvgIpc) is 2.48. The molecule has 3 nitrogen and oxygen atoms in total. The van der Waals surface area contributed by atoms with Crippen LogP contribution in [0, 0.1) is 6.92 Å². The van der Waals surface area contributed by atoms with Crippen molar-refractivity contribution in [3.8, 4) is 17.1 Å². The van der Waals surface area contributed by atoms with Crippen LogP contribution in [0.4, 0.5) is 0 Å². The number of benzene rings is 2. The minimum absolute atomic E-state index is 0.409. The van der Waals surface area contributed by atoms with Crippen LogP contribution in [0.25, 0.3) is 22.3 Å². The number of aromatic nitrogens is 2. The number of nitrogens with zero attached hydrogens (tertiary/aromatic N) is 2. The molecule has 0 radical (unpaired) electrons. The molecule has 0 N–H and O–H groups in total. The Kier molecular flexibility index (Phi) is 3.70. The molecule has 2 aromatic carbocycles. The van der Waals surface area contributed by atoms with E-state index in [-0.39, 0.29) is 0 Å². The highest BCUT2D eigenvalue weighted by atomic mass is 35.5. The smallest absolute Gasteiger partial charge is 0.161 e.